The molecule has 1 aliphatic carbocycles. The minimum Gasteiger partial charge on any atom is -0.284 e. The summed E-state index contributed by atoms with van der Waals surface area (Å²) in [4.78, 5) is 10.9. The van der Waals surface area contributed by atoms with Crippen molar-refractivity contribution in [2.75, 3.05) is 25.7 Å². The van der Waals surface area contributed by atoms with Crippen molar-refractivity contribution >= 4 is 37.5 Å². The smallest absolute Gasteiger partial charge is 0.246 e. The Morgan fingerprint density at radius 1 is 1.31 bits per heavy atom. The van der Waals surface area contributed by atoms with Gasteiger partial charge >= 0.3 is 0 Å². The normalized spacial score (nSPS) is 29.2. The van der Waals surface area contributed by atoms with E-state index in [1.54, 1.807) is 0 Å². The van der Waals surface area contributed by atoms with E-state index in [9.17, 15) is 31.3 Å². The van der Waals surface area contributed by atoms with E-state index in [1.807, 2.05) is 0 Å². The van der Waals surface area contributed by atoms with Crippen LogP contribution in [0.15, 0.2) is 5.10 Å². The number of hydrazone groups is 1. The van der Waals surface area contributed by atoms with Crippen LogP contribution in [0.1, 0.15) is 19.3 Å². The molecule has 1 heterocycles. The average Bonchev–Trinajstić information content (AvgIpc) is 2.82. The Labute approximate surface area is 156 Å². The Morgan fingerprint density at radius 2 is 1.88 bits per heavy atom. The Kier molecular flexibility index (Phi) is 6.03. The second kappa shape index (κ2) is 7.43. The number of sulfonamides is 2. The van der Waals surface area contributed by atoms with Crippen LogP contribution < -0.4 is 0 Å². The third-order valence-electron chi connectivity index (χ3n) is 4.34. The van der Waals surface area contributed by atoms with E-state index in [1.165, 1.54) is 5.01 Å². The van der Waals surface area contributed by atoms with Gasteiger partial charge in [0.05, 0.1) is 25.1 Å². The summed E-state index contributed by atoms with van der Waals surface area (Å²) in [7, 11) is -8.55. The Balaban J connectivity index is 2.58. The number of hydrogen-bond donors (Lipinski definition) is 0. The second-order valence-corrected chi connectivity index (χ2v) is 10.8. The molecule has 0 radical (unpaired) electrons. The summed E-state index contributed by atoms with van der Waals surface area (Å²) in [5.74, 6) is -1.35. The molecule has 150 valence electrons. The lowest BCUT2D eigenvalue weighted by atomic mass is 9.80. The van der Waals surface area contributed by atoms with Gasteiger partial charge in [-0.1, -0.05) is 0 Å². The topological polar surface area (TPSA) is 130 Å². The molecule has 1 fully saturated rings. The fourth-order valence-electron chi connectivity index (χ4n) is 3.49. The number of alkyl halides is 2. The van der Waals surface area contributed by atoms with Gasteiger partial charge in [0.1, 0.15) is 6.04 Å². The van der Waals surface area contributed by atoms with Crippen LogP contribution in [0.5, 0.6) is 0 Å². The molecule has 0 amide bonds. The number of nitrogens with zero attached hydrogens (tertiary/aromatic N) is 4. The third kappa shape index (κ3) is 4.03. The molecule has 0 saturated heterocycles. The first kappa shape index (κ1) is 21.1. The molecule has 14 heteroatoms. The lowest BCUT2D eigenvalue weighted by molar-refractivity contribution is -0.534. The molecular formula is C12H20ClFN4O6S2. The molecule has 0 bridgehead atoms. The van der Waals surface area contributed by atoms with Crippen molar-refractivity contribution in [1.29, 1.82) is 0 Å². The van der Waals surface area contributed by atoms with Crippen molar-refractivity contribution in [3.8, 4) is 0 Å². The maximum atomic E-state index is 12.6. The molecule has 26 heavy (non-hydrogen) atoms. The van der Waals surface area contributed by atoms with E-state index in [0.29, 0.717) is 12.5 Å². The van der Waals surface area contributed by atoms with E-state index in [0.717, 1.165) is 0 Å². The minimum absolute atomic E-state index is 0.00906. The quantitative estimate of drug-likeness (QED) is 0.332. The van der Waals surface area contributed by atoms with Crippen molar-refractivity contribution in [3.63, 3.8) is 0 Å². The first-order valence-electron chi connectivity index (χ1n) is 7.78. The van der Waals surface area contributed by atoms with Gasteiger partial charge in [0, 0.05) is 23.3 Å². The molecule has 10 nitrogen and oxygen atoms in total. The van der Waals surface area contributed by atoms with E-state index in [2.05, 4.69) is 5.10 Å². The van der Waals surface area contributed by atoms with Crippen LogP contribution in [0, 0.1) is 16.0 Å². The van der Waals surface area contributed by atoms with Crippen molar-refractivity contribution in [3.05, 3.63) is 10.1 Å². The number of hydrogen-bond acceptors (Lipinski definition) is 8. The van der Waals surface area contributed by atoms with Gasteiger partial charge in [-0.25, -0.2) is 16.8 Å². The number of amidine groups is 1. The highest BCUT2D eigenvalue weighted by molar-refractivity contribution is 8.04. The molecule has 2 aliphatic rings. The van der Waals surface area contributed by atoms with Crippen LogP contribution in [0.25, 0.3) is 0 Å². The van der Waals surface area contributed by atoms with Crippen molar-refractivity contribution in [1.82, 2.24) is 8.72 Å². The van der Waals surface area contributed by atoms with E-state index in [-0.39, 0.29) is 35.4 Å². The molecule has 0 aromatic carbocycles. The number of halogens is 2. The van der Waals surface area contributed by atoms with Crippen LogP contribution in [0.3, 0.4) is 0 Å². The molecule has 1 aliphatic heterocycles. The lowest BCUT2D eigenvalue weighted by Crippen LogP contribution is -2.55. The molecule has 0 spiro atoms. The monoisotopic (exact) mass is 434 g/mol. The average molecular weight is 435 g/mol. The number of nitro groups is 1. The van der Waals surface area contributed by atoms with Gasteiger partial charge in [-0.15, -0.1) is 15.3 Å². The SMILES string of the molecule is CS(=O)(=O)N(C1=NN(CCCF)C2C1C(Cl)CCC2[N+](=O)[O-])S(C)(=O)=O. The van der Waals surface area contributed by atoms with Gasteiger partial charge in [-0.3, -0.25) is 19.5 Å². The molecule has 0 aromatic heterocycles. The fraction of sp³-hybridized carbons (Fsp3) is 0.917. The highest BCUT2D eigenvalue weighted by Gasteiger charge is 2.56. The van der Waals surface area contributed by atoms with Crippen LogP contribution in [0.2, 0.25) is 0 Å². The first-order valence-corrected chi connectivity index (χ1v) is 11.9. The zero-order chi connectivity index (χ0) is 19.9. The first-order chi connectivity index (χ1) is 11.9. The highest BCUT2D eigenvalue weighted by atomic mass is 35.5. The lowest BCUT2D eigenvalue weighted by Gasteiger charge is -2.36. The molecule has 4 atom stereocenters. The highest BCUT2D eigenvalue weighted by Crippen LogP contribution is 2.40. The van der Waals surface area contributed by atoms with Crippen LogP contribution in [0.4, 0.5) is 4.39 Å². The number of fused-ring (bicyclic) bond motifs is 1. The minimum atomic E-state index is -4.28. The standard InChI is InChI=1S/C12H20ClFN4O6S2/c1-25(21,22)18(26(2,23)24)12-10-8(13)4-5-9(17(19)20)11(10)16(15-12)7-3-6-14/h8-11H,3-7H2,1-2H3. The van der Waals surface area contributed by atoms with E-state index in [4.69, 9.17) is 11.6 Å². The van der Waals surface area contributed by atoms with Crippen LogP contribution >= 0.6 is 11.6 Å². The van der Waals surface area contributed by atoms with Crippen molar-refractivity contribution in [2.45, 2.75) is 36.7 Å². The van der Waals surface area contributed by atoms with Gasteiger partial charge in [0.15, 0.2) is 5.84 Å². The summed E-state index contributed by atoms with van der Waals surface area (Å²) in [6, 6.07) is -2.05. The maximum Gasteiger partial charge on any atom is 0.246 e. The molecule has 0 N–H and O–H groups in total. The Hall–Kier alpha value is -1.21. The van der Waals surface area contributed by atoms with Gasteiger partial charge in [0.25, 0.3) is 0 Å². The summed E-state index contributed by atoms with van der Waals surface area (Å²) in [5.41, 5.74) is 0. The summed E-state index contributed by atoms with van der Waals surface area (Å²) in [6.07, 6.45) is 1.75. The van der Waals surface area contributed by atoms with Crippen LogP contribution in [-0.2, 0) is 20.0 Å². The largest absolute Gasteiger partial charge is 0.284 e. The third-order valence-corrected chi connectivity index (χ3v) is 8.04. The summed E-state index contributed by atoms with van der Waals surface area (Å²) < 4.78 is 61.1. The summed E-state index contributed by atoms with van der Waals surface area (Å²) in [6.45, 7) is -0.718. The van der Waals surface area contributed by atoms with E-state index >= 15 is 0 Å². The van der Waals surface area contributed by atoms with Gasteiger partial charge < -0.3 is 0 Å². The second-order valence-electron chi connectivity index (χ2n) is 6.35. The summed E-state index contributed by atoms with van der Waals surface area (Å²) >= 11 is 6.31. The van der Waals surface area contributed by atoms with Crippen LogP contribution in [-0.4, -0.2) is 79.5 Å². The molecule has 0 aromatic rings. The Morgan fingerprint density at radius 3 is 2.35 bits per heavy atom. The van der Waals surface area contributed by atoms with E-state index < -0.39 is 55.0 Å². The molecule has 1 saturated carbocycles. The fourth-order valence-corrected chi connectivity index (χ4v) is 6.84. The zero-order valence-electron chi connectivity index (χ0n) is 14.2. The van der Waals surface area contributed by atoms with Gasteiger partial charge in [-0.05, 0) is 12.8 Å². The predicted octanol–water partition coefficient (Wildman–Crippen LogP) is 0.228. The number of rotatable bonds is 6. The van der Waals surface area contributed by atoms with Crippen molar-refractivity contribution in [2.24, 2.45) is 11.0 Å². The van der Waals surface area contributed by atoms with Crippen molar-refractivity contribution < 1.29 is 26.1 Å². The van der Waals surface area contributed by atoms with Gasteiger partial charge in [0.2, 0.25) is 26.1 Å². The maximum absolute atomic E-state index is 12.6. The summed E-state index contributed by atoms with van der Waals surface area (Å²) in [5, 5.41) is 16.0. The van der Waals surface area contributed by atoms with Gasteiger partial charge in [-0.2, -0.15) is 5.10 Å². The Bertz CT molecular complexity index is 773. The molecular weight excluding hydrogens is 415 g/mol. The zero-order valence-corrected chi connectivity index (χ0v) is 16.5. The predicted molar refractivity (Wildman–Crippen MR) is 93.2 cm³/mol. The molecule has 4 unspecified atom stereocenters. The molecule has 2 rings (SSSR count).